The third-order valence-electron chi connectivity index (χ3n) is 2.97. The van der Waals surface area contributed by atoms with Gasteiger partial charge in [0, 0.05) is 17.5 Å². The standard InChI is InChI=1S/C14H10N4O3/c19-14-13(17-16-9-4-2-1-3-5-9)11-8-10(18(20)21)6-7-12(11)15-14/h1-8,15,19H. The lowest BCUT2D eigenvalue weighted by atomic mass is 10.2. The van der Waals surface area contributed by atoms with Crippen LogP contribution in [0.4, 0.5) is 17.1 Å². The highest BCUT2D eigenvalue weighted by atomic mass is 16.6. The molecule has 3 aromatic rings. The third kappa shape index (κ3) is 2.44. The van der Waals surface area contributed by atoms with Gasteiger partial charge in [0.15, 0.2) is 5.69 Å². The van der Waals surface area contributed by atoms with Crippen LogP contribution in [0.2, 0.25) is 0 Å². The monoisotopic (exact) mass is 282 g/mol. The van der Waals surface area contributed by atoms with Crippen molar-refractivity contribution < 1.29 is 10.0 Å². The van der Waals surface area contributed by atoms with Crippen molar-refractivity contribution in [2.75, 3.05) is 0 Å². The zero-order valence-corrected chi connectivity index (χ0v) is 10.7. The summed E-state index contributed by atoms with van der Waals surface area (Å²) in [5.74, 6) is -0.176. The van der Waals surface area contributed by atoms with Crippen LogP contribution in [0.5, 0.6) is 5.88 Å². The Bertz CT molecular complexity index is 840. The van der Waals surface area contributed by atoms with Crippen LogP contribution in [0, 0.1) is 10.1 Å². The number of rotatable bonds is 3. The van der Waals surface area contributed by atoms with Crippen LogP contribution in [-0.4, -0.2) is 15.0 Å². The largest absolute Gasteiger partial charge is 0.493 e. The Balaban J connectivity index is 2.09. The number of nitro groups is 1. The molecule has 3 rings (SSSR count). The summed E-state index contributed by atoms with van der Waals surface area (Å²) in [7, 11) is 0. The normalized spacial score (nSPS) is 11.2. The maximum Gasteiger partial charge on any atom is 0.270 e. The highest BCUT2D eigenvalue weighted by molar-refractivity contribution is 5.95. The molecule has 7 heteroatoms. The molecule has 2 aromatic carbocycles. The van der Waals surface area contributed by atoms with Crippen LogP contribution in [0.1, 0.15) is 0 Å². The number of benzene rings is 2. The molecule has 0 bridgehead atoms. The van der Waals surface area contributed by atoms with Crippen molar-refractivity contribution >= 4 is 28.0 Å². The van der Waals surface area contributed by atoms with E-state index in [4.69, 9.17) is 0 Å². The maximum atomic E-state index is 10.8. The molecule has 7 nitrogen and oxygen atoms in total. The minimum Gasteiger partial charge on any atom is -0.493 e. The van der Waals surface area contributed by atoms with Gasteiger partial charge in [0.2, 0.25) is 5.88 Å². The predicted molar refractivity (Wildman–Crippen MR) is 77.2 cm³/mol. The first-order valence-electron chi connectivity index (χ1n) is 6.11. The molecular formula is C14H10N4O3. The molecule has 0 saturated heterocycles. The SMILES string of the molecule is O=[N+]([O-])c1ccc2[nH]c(O)c(N=Nc3ccccc3)c2c1. The fraction of sp³-hybridized carbons (Fsp3) is 0. The lowest BCUT2D eigenvalue weighted by molar-refractivity contribution is -0.384. The second-order valence-corrected chi connectivity index (χ2v) is 4.34. The first-order chi connectivity index (χ1) is 10.1. The number of nitrogens with one attached hydrogen (secondary N) is 1. The van der Waals surface area contributed by atoms with Crippen LogP contribution in [0.3, 0.4) is 0 Å². The Morgan fingerprint density at radius 2 is 1.86 bits per heavy atom. The van der Waals surface area contributed by atoms with Gasteiger partial charge in [-0.3, -0.25) is 10.1 Å². The molecule has 0 aliphatic heterocycles. The van der Waals surface area contributed by atoms with Crippen molar-refractivity contribution in [3.05, 3.63) is 58.6 Å². The van der Waals surface area contributed by atoms with E-state index in [1.54, 1.807) is 12.1 Å². The van der Waals surface area contributed by atoms with Gasteiger partial charge in [0.25, 0.3) is 5.69 Å². The van der Waals surface area contributed by atoms with E-state index < -0.39 is 4.92 Å². The van der Waals surface area contributed by atoms with Gasteiger partial charge in [-0.05, 0) is 18.2 Å². The molecule has 0 aliphatic rings. The lowest BCUT2D eigenvalue weighted by Crippen LogP contribution is -1.86. The second kappa shape index (κ2) is 5.04. The molecule has 0 atom stereocenters. The van der Waals surface area contributed by atoms with Crippen LogP contribution in [-0.2, 0) is 0 Å². The maximum absolute atomic E-state index is 10.8. The Morgan fingerprint density at radius 3 is 2.57 bits per heavy atom. The molecule has 0 fully saturated rings. The molecule has 0 unspecified atom stereocenters. The summed E-state index contributed by atoms with van der Waals surface area (Å²) in [6, 6.07) is 13.2. The van der Waals surface area contributed by atoms with Crippen molar-refractivity contribution in [3.8, 4) is 5.88 Å². The summed E-state index contributed by atoms with van der Waals surface area (Å²) in [6.07, 6.45) is 0. The Hall–Kier alpha value is -3.22. The first kappa shape index (κ1) is 12.8. The molecule has 0 amide bonds. The van der Waals surface area contributed by atoms with Crippen molar-refractivity contribution in [3.63, 3.8) is 0 Å². The van der Waals surface area contributed by atoms with Gasteiger partial charge in [-0.1, -0.05) is 18.2 Å². The van der Waals surface area contributed by atoms with Crippen molar-refractivity contribution in [1.82, 2.24) is 4.98 Å². The number of non-ortho nitro benzene ring substituents is 1. The summed E-state index contributed by atoms with van der Waals surface area (Å²) in [5.41, 5.74) is 1.28. The molecule has 21 heavy (non-hydrogen) atoms. The topological polar surface area (TPSA) is 104 Å². The lowest BCUT2D eigenvalue weighted by Gasteiger charge is -1.94. The number of hydrogen-bond acceptors (Lipinski definition) is 5. The van der Waals surface area contributed by atoms with E-state index in [1.165, 1.54) is 18.2 Å². The summed E-state index contributed by atoms with van der Waals surface area (Å²) in [5, 5.41) is 29.1. The quantitative estimate of drug-likeness (QED) is 0.427. The predicted octanol–water partition coefficient (Wildman–Crippen LogP) is 4.20. The van der Waals surface area contributed by atoms with Crippen molar-refractivity contribution in [2.24, 2.45) is 10.2 Å². The molecule has 0 saturated carbocycles. The number of hydrogen-bond donors (Lipinski definition) is 2. The van der Waals surface area contributed by atoms with Crippen LogP contribution in [0.25, 0.3) is 10.9 Å². The van der Waals surface area contributed by atoms with E-state index in [2.05, 4.69) is 15.2 Å². The van der Waals surface area contributed by atoms with Gasteiger partial charge in [-0.25, -0.2) is 0 Å². The average Bonchev–Trinajstić information content (AvgIpc) is 2.80. The number of aromatic amines is 1. The van der Waals surface area contributed by atoms with Crippen molar-refractivity contribution in [2.45, 2.75) is 0 Å². The Labute approximate surface area is 118 Å². The number of H-pyrrole nitrogens is 1. The fourth-order valence-electron chi connectivity index (χ4n) is 1.97. The van der Waals surface area contributed by atoms with Crippen LogP contribution >= 0.6 is 0 Å². The van der Waals surface area contributed by atoms with E-state index in [1.807, 2.05) is 18.2 Å². The Morgan fingerprint density at radius 1 is 1.10 bits per heavy atom. The van der Waals surface area contributed by atoms with Gasteiger partial charge < -0.3 is 10.1 Å². The fourth-order valence-corrected chi connectivity index (χ4v) is 1.97. The third-order valence-corrected chi connectivity index (χ3v) is 2.97. The number of aromatic nitrogens is 1. The number of fused-ring (bicyclic) bond motifs is 1. The van der Waals surface area contributed by atoms with E-state index in [9.17, 15) is 15.2 Å². The summed E-state index contributed by atoms with van der Waals surface area (Å²) >= 11 is 0. The number of nitro benzene ring substituents is 1. The minimum absolute atomic E-state index is 0.0716. The zero-order valence-electron chi connectivity index (χ0n) is 10.7. The molecule has 0 radical (unpaired) electrons. The van der Waals surface area contributed by atoms with Gasteiger partial charge in [0.05, 0.1) is 16.1 Å². The van der Waals surface area contributed by atoms with Gasteiger partial charge in [-0.2, -0.15) is 5.11 Å². The minimum atomic E-state index is -0.498. The smallest absolute Gasteiger partial charge is 0.270 e. The zero-order chi connectivity index (χ0) is 14.8. The average molecular weight is 282 g/mol. The highest BCUT2D eigenvalue weighted by Gasteiger charge is 2.14. The van der Waals surface area contributed by atoms with E-state index in [0.29, 0.717) is 16.6 Å². The van der Waals surface area contributed by atoms with Crippen LogP contribution in [0.15, 0.2) is 58.8 Å². The highest BCUT2D eigenvalue weighted by Crippen LogP contribution is 2.37. The Kier molecular flexibility index (Phi) is 3.07. The second-order valence-electron chi connectivity index (χ2n) is 4.34. The molecule has 0 aliphatic carbocycles. The molecule has 2 N–H and O–H groups in total. The van der Waals surface area contributed by atoms with E-state index in [-0.39, 0.29) is 17.3 Å². The number of azo groups is 1. The summed E-state index contributed by atoms with van der Waals surface area (Å²) < 4.78 is 0. The van der Waals surface area contributed by atoms with E-state index >= 15 is 0 Å². The van der Waals surface area contributed by atoms with E-state index in [0.717, 1.165) is 0 Å². The van der Waals surface area contributed by atoms with Gasteiger partial charge in [-0.15, -0.1) is 5.11 Å². The first-order valence-corrected chi connectivity index (χ1v) is 6.11. The number of nitrogens with zero attached hydrogens (tertiary/aromatic N) is 3. The molecule has 1 heterocycles. The molecular weight excluding hydrogens is 272 g/mol. The number of aromatic hydroxyl groups is 1. The molecule has 104 valence electrons. The van der Waals surface area contributed by atoms with Crippen LogP contribution < -0.4 is 0 Å². The molecule has 0 spiro atoms. The summed E-state index contributed by atoms with van der Waals surface area (Å²) in [4.78, 5) is 13.0. The summed E-state index contributed by atoms with van der Waals surface area (Å²) in [6.45, 7) is 0. The van der Waals surface area contributed by atoms with Gasteiger partial charge >= 0.3 is 0 Å². The molecule has 1 aromatic heterocycles. The van der Waals surface area contributed by atoms with Gasteiger partial charge in [0.1, 0.15) is 0 Å². The van der Waals surface area contributed by atoms with Crippen molar-refractivity contribution in [1.29, 1.82) is 0 Å².